The van der Waals surface area contributed by atoms with E-state index in [9.17, 15) is 9.18 Å². The van der Waals surface area contributed by atoms with Crippen LogP contribution in [0.2, 0.25) is 5.02 Å². The van der Waals surface area contributed by atoms with E-state index in [0.717, 1.165) is 0 Å². The molecule has 0 spiro atoms. The number of halogens is 2. The highest BCUT2D eigenvalue weighted by Crippen LogP contribution is 2.19. The summed E-state index contributed by atoms with van der Waals surface area (Å²) in [7, 11) is 1.73. The molecule has 0 saturated heterocycles. The zero-order valence-electron chi connectivity index (χ0n) is 10.3. The Kier molecular flexibility index (Phi) is 5.53. The van der Waals surface area contributed by atoms with Crippen LogP contribution in [0, 0.1) is 5.82 Å². The van der Waals surface area contributed by atoms with E-state index in [1.54, 1.807) is 11.9 Å². The molecule has 2 N–H and O–H groups in total. The average Bonchev–Trinajstić information content (AvgIpc) is 2.32. The molecule has 1 aromatic rings. The third-order valence-corrected chi connectivity index (χ3v) is 2.90. The second kappa shape index (κ2) is 6.68. The van der Waals surface area contributed by atoms with Gasteiger partial charge in [-0.1, -0.05) is 11.6 Å². The van der Waals surface area contributed by atoms with Crippen LogP contribution in [0.1, 0.15) is 6.92 Å². The smallest absolute Gasteiger partial charge is 0.238 e. The molecule has 0 aromatic heterocycles. The highest BCUT2D eigenvalue weighted by molar-refractivity contribution is 6.31. The molecule has 1 unspecified atom stereocenters. The minimum absolute atomic E-state index is 0.0217. The average molecular weight is 275 g/mol. The van der Waals surface area contributed by atoms with Crippen molar-refractivity contribution in [3.8, 4) is 0 Å². The van der Waals surface area contributed by atoms with Crippen molar-refractivity contribution in [2.75, 3.05) is 25.5 Å². The Morgan fingerprint density at radius 2 is 2.28 bits per heavy atom. The van der Waals surface area contributed by atoms with Crippen molar-refractivity contribution in [3.05, 3.63) is 29.0 Å². The predicted molar refractivity (Wildman–Crippen MR) is 69.2 cm³/mol. The number of hydrogen-bond donors (Lipinski definition) is 2. The monoisotopic (exact) mass is 274 g/mol. The largest absolute Gasteiger partial charge is 0.395 e. The van der Waals surface area contributed by atoms with E-state index >= 15 is 0 Å². The first-order valence-electron chi connectivity index (χ1n) is 5.50. The van der Waals surface area contributed by atoms with Crippen molar-refractivity contribution in [2.24, 2.45) is 0 Å². The van der Waals surface area contributed by atoms with Crippen molar-refractivity contribution in [1.82, 2.24) is 4.90 Å². The highest BCUT2D eigenvalue weighted by atomic mass is 35.5. The van der Waals surface area contributed by atoms with Crippen LogP contribution in [0.3, 0.4) is 0 Å². The molecule has 1 aromatic carbocycles. The fourth-order valence-electron chi connectivity index (χ4n) is 1.30. The Labute approximate surface area is 110 Å². The van der Waals surface area contributed by atoms with E-state index in [1.165, 1.54) is 18.2 Å². The molecule has 0 aliphatic heterocycles. The van der Waals surface area contributed by atoms with Crippen molar-refractivity contribution in [2.45, 2.75) is 13.0 Å². The van der Waals surface area contributed by atoms with Crippen LogP contribution in [-0.2, 0) is 4.79 Å². The third kappa shape index (κ3) is 4.25. The van der Waals surface area contributed by atoms with Crippen molar-refractivity contribution < 1.29 is 14.3 Å². The maximum absolute atomic E-state index is 12.9. The van der Waals surface area contributed by atoms with Gasteiger partial charge in [0.15, 0.2) is 0 Å². The molecule has 0 fully saturated rings. The quantitative estimate of drug-likeness (QED) is 0.860. The minimum Gasteiger partial charge on any atom is -0.395 e. The van der Waals surface area contributed by atoms with Gasteiger partial charge in [-0.3, -0.25) is 9.69 Å². The maximum Gasteiger partial charge on any atom is 0.238 e. The molecule has 6 heteroatoms. The van der Waals surface area contributed by atoms with Gasteiger partial charge in [-0.15, -0.1) is 0 Å². The summed E-state index contributed by atoms with van der Waals surface area (Å²) in [5.41, 5.74) is 0.441. The topological polar surface area (TPSA) is 52.6 Å². The lowest BCUT2D eigenvalue weighted by molar-refractivity contribution is -0.117. The zero-order valence-corrected chi connectivity index (χ0v) is 11.0. The van der Waals surface area contributed by atoms with Gasteiger partial charge in [-0.05, 0) is 32.2 Å². The van der Waals surface area contributed by atoms with Gasteiger partial charge in [0.1, 0.15) is 5.82 Å². The number of carbonyl (C=O) groups is 1. The molecule has 0 aliphatic carbocycles. The van der Waals surface area contributed by atoms with Crippen molar-refractivity contribution >= 4 is 23.2 Å². The molecule has 0 heterocycles. The molecule has 18 heavy (non-hydrogen) atoms. The van der Waals surface area contributed by atoms with Gasteiger partial charge in [-0.25, -0.2) is 4.39 Å². The van der Waals surface area contributed by atoms with Crippen LogP contribution >= 0.6 is 11.6 Å². The van der Waals surface area contributed by atoms with Gasteiger partial charge >= 0.3 is 0 Å². The summed E-state index contributed by atoms with van der Waals surface area (Å²) in [6.07, 6.45) is 0. The number of hydrogen-bond acceptors (Lipinski definition) is 3. The number of amides is 1. The number of rotatable bonds is 5. The Bertz CT molecular complexity index is 429. The van der Waals surface area contributed by atoms with Gasteiger partial charge in [-0.2, -0.15) is 0 Å². The molecule has 100 valence electrons. The number of carbonyl (C=O) groups excluding carboxylic acids is 1. The van der Waals surface area contributed by atoms with Crippen LogP contribution in [0.15, 0.2) is 18.2 Å². The van der Waals surface area contributed by atoms with Gasteiger partial charge < -0.3 is 10.4 Å². The lowest BCUT2D eigenvalue weighted by Crippen LogP contribution is -2.38. The number of likely N-dealkylation sites (N-methyl/N-ethyl adjacent to an activating group) is 1. The van der Waals surface area contributed by atoms with E-state index in [2.05, 4.69) is 5.32 Å². The standard InChI is InChI=1S/C12H16ClFN2O2/c1-8(7-17)16(2)6-12(18)15-9-3-4-11(14)10(13)5-9/h3-5,8,17H,6-7H2,1-2H3,(H,15,18). The number of aliphatic hydroxyl groups excluding tert-OH is 1. The summed E-state index contributed by atoms with van der Waals surface area (Å²) >= 11 is 5.61. The summed E-state index contributed by atoms with van der Waals surface area (Å²) < 4.78 is 12.9. The molecular formula is C12H16ClFN2O2. The van der Waals surface area contributed by atoms with E-state index in [0.29, 0.717) is 5.69 Å². The van der Waals surface area contributed by atoms with Crippen molar-refractivity contribution in [3.63, 3.8) is 0 Å². The van der Waals surface area contributed by atoms with Crippen LogP contribution in [0.25, 0.3) is 0 Å². The van der Waals surface area contributed by atoms with E-state index in [4.69, 9.17) is 16.7 Å². The van der Waals surface area contributed by atoms with E-state index < -0.39 is 5.82 Å². The molecule has 0 bridgehead atoms. The molecule has 1 rings (SSSR count). The summed E-state index contributed by atoms with van der Waals surface area (Å²) in [6, 6.07) is 3.88. The number of aliphatic hydroxyl groups is 1. The number of nitrogens with zero attached hydrogens (tertiary/aromatic N) is 1. The second-order valence-electron chi connectivity index (χ2n) is 4.12. The Morgan fingerprint density at radius 3 is 2.83 bits per heavy atom. The van der Waals surface area contributed by atoms with Crippen LogP contribution in [-0.4, -0.2) is 42.2 Å². The van der Waals surface area contributed by atoms with Crippen LogP contribution < -0.4 is 5.32 Å². The van der Waals surface area contributed by atoms with Crippen LogP contribution in [0.4, 0.5) is 10.1 Å². The first-order chi connectivity index (χ1) is 8.43. The van der Waals surface area contributed by atoms with Crippen molar-refractivity contribution in [1.29, 1.82) is 0 Å². The predicted octanol–water partition coefficient (Wildman–Crippen LogP) is 1.73. The first kappa shape index (κ1) is 14.9. The van der Waals surface area contributed by atoms with E-state index in [-0.39, 0.29) is 30.1 Å². The summed E-state index contributed by atoms with van der Waals surface area (Å²) in [5, 5.41) is 11.5. The Morgan fingerprint density at radius 1 is 1.61 bits per heavy atom. The lowest BCUT2D eigenvalue weighted by atomic mass is 10.3. The molecule has 4 nitrogen and oxygen atoms in total. The molecule has 1 atom stereocenters. The second-order valence-corrected chi connectivity index (χ2v) is 4.53. The molecule has 0 saturated carbocycles. The summed E-state index contributed by atoms with van der Waals surface area (Å²) in [6.45, 7) is 1.92. The zero-order chi connectivity index (χ0) is 13.7. The van der Waals surface area contributed by atoms with E-state index in [1.807, 2.05) is 6.92 Å². The van der Waals surface area contributed by atoms with Gasteiger partial charge in [0.25, 0.3) is 0 Å². The third-order valence-electron chi connectivity index (χ3n) is 2.61. The Hall–Kier alpha value is -1.17. The first-order valence-corrected chi connectivity index (χ1v) is 5.88. The SMILES string of the molecule is CC(CO)N(C)CC(=O)Nc1ccc(F)c(Cl)c1. The summed E-state index contributed by atoms with van der Waals surface area (Å²) in [4.78, 5) is 13.4. The lowest BCUT2D eigenvalue weighted by Gasteiger charge is -2.21. The van der Waals surface area contributed by atoms with Crippen LogP contribution in [0.5, 0.6) is 0 Å². The maximum atomic E-state index is 12.9. The fourth-order valence-corrected chi connectivity index (χ4v) is 1.48. The highest BCUT2D eigenvalue weighted by Gasteiger charge is 2.12. The van der Waals surface area contributed by atoms with Gasteiger partial charge in [0.05, 0.1) is 18.2 Å². The fraction of sp³-hybridized carbons (Fsp3) is 0.417. The number of benzene rings is 1. The van der Waals surface area contributed by atoms with Gasteiger partial charge in [0, 0.05) is 11.7 Å². The number of nitrogens with one attached hydrogen (secondary N) is 1. The minimum atomic E-state index is -0.527. The normalized spacial score (nSPS) is 12.6. The Balaban J connectivity index is 2.57. The molecular weight excluding hydrogens is 259 g/mol. The molecule has 1 amide bonds. The number of anilines is 1. The molecule has 0 radical (unpaired) electrons. The van der Waals surface area contributed by atoms with Gasteiger partial charge in [0.2, 0.25) is 5.91 Å². The molecule has 0 aliphatic rings. The summed E-state index contributed by atoms with van der Waals surface area (Å²) in [5.74, 6) is -0.777.